The van der Waals surface area contributed by atoms with Crippen LogP contribution in [0.1, 0.15) is 34.8 Å². The minimum atomic E-state index is -0.459. The Morgan fingerprint density at radius 2 is 1.77 bits per heavy atom. The number of aryl methyl sites for hydroxylation is 1. The third-order valence-corrected chi connectivity index (χ3v) is 6.67. The van der Waals surface area contributed by atoms with Crippen molar-refractivity contribution >= 4 is 28.9 Å². The van der Waals surface area contributed by atoms with E-state index in [0.717, 1.165) is 24.2 Å². The van der Waals surface area contributed by atoms with Crippen LogP contribution in [0.15, 0.2) is 71.9 Å². The number of amides is 2. The number of carbonyl (C=O) groups excluding carboxylic acids is 2. The van der Waals surface area contributed by atoms with Gasteiger partial charge in [-0.3, -0.25) is 14.6 Å². The molecular weight excluding hydrogens is 506 g/mol. The molecule has 40 heavy (non-hydrogen) atoms. The number of carbonyl (C=O) groups is 2. The molecule has 3 rings (SSSR count). The van der Waals surface area contributed by atoms with E-state index in [4.69, 9.17) is 20.2 Å². The molecule has 1 aliphatic heterocycles. The van der Waals surface area contributed by atoms with Gasteiger partial charge in [0.2, 0.25) is 0 Å². The summed E-state index contributed by atoms with van der Waals surface area (Å²) in [7, 11) is 5.20. The Hall–Kier alpha value is -4.37. The summed E-state index contributed by atoms with van der Waals surface area (Å²) < 4.78 is 10.7. The Balaban J connectivity index is 1.76. The third kappa shape index (κ3) is 7.60. The van der Waals surface area contributed by atoms with E-state index < -0.39 is 5.91 Å². The van der Waals surface area contributed by atoms with Crippen molar-refractivity contribution < 1.29 is 19.1 Å². The fourth-order valence-electron chi connectivity index (χ4n) is 4.28. The van der Waals surface area contributed by atoms with Crippen LogP contribution in [-0.2, 0) is 4.79 Å². The second kappa shape index (κ2) is 14.1. The number of rotatable bonds is 10. The Morgan fingerprint density at radius 1 is 1.07 bits per heavy atom. The summed E-state index contributed by atoms with van der Waals surface area (Å²) in [6, 6.07) is 10.7. The van der Waals surface area contributed by atoms with Crippen LogP contribution in [0.3, 0.4) is 0 Å². The number of piperazine rings is 1. The monoisotopic (exact) mass is 545 g/mol. The van der Waals surface area contributed by atoms with Crippen LogP contribution in [0, 0.1) is 6.92 Å². The normalized spacial score (nSPS) is 15.0. The van der Waals surface area contributed by atoms with Crippen molar-refractivity contribution in [3.8, 4) is 11.5 Å². The molecule has 0 aromatic heterocycles. The summed E-state index contributed by atoms with van der Waals surface area (Å²) in [6.07, 6.45) is 5.51. The Kier molecular flexibility index (Phi) is 10.7. The van der Waals surface area contributed by atoms with Crippen molar-refractivity contribution in [3.63, 3.8) is 0 Å². The number of hydrogen-bond acceptors (Lipinski definition) is 7. The molecule has 1 saturated heterocycles. The minimum absolute atomic E-state index is 0.00421. The second-order valence-electron chi connectivity index (χ2n) is 9.49. The summed E-state index contributed by atoms with van der Waals surface area (Å²) in [6.45, 7) is 10.7. The third-order valence-electron chi connectivity index (χ3n) is 6.67. The van der Waals surface area contributed by atoms with Gasteiger partial charge in [-0.15, -0.1) is 0 Å². The Labute approximate surface area is 236 Å². The van der Waals surface area contributed by atoms with E-state index in [1.807, 2.05) is 30.9 Å². The molecule has 2 aromatic rings. The number of methoxy groups -OCH3 is 2. The first-order valence-corrected chi connectivity index (χ1v) is 13.2. The van der Waals surface area contributed by atoms with Crippen LogP contribution in [0.5, 0.6) is 11.5 Å². The summed E-state index contributed by atoms with van der Waals surface area (Å²) in [5.74, 6) is 0.726. The molecule has 1 aliphatic rings. The number of nitrogens with one attached hydrogen (secondary N) is 1. The smallest absolute Gasteiger partial charge is 0.271 e. The first-order chi connectivity index (χ1) is 19.2. The number of nitrogens with two attached hydrogens (primary N) is 1. The average molecular weight is 546 g/mol. The van der Waals surface area contributed by atoms with Gasteiger partial charge in [-0.1, -0.05) is 19.6 Å². The maximum absolute atomic E-state index is 13.0. The number of aliphatic imine (C=N–C) groups is 1. The van der Waals surface area contributed by atoms with E-state index in [0.29, 0.717) is 53.7 Å². The lowest BCUT2D eigenvalue weighted by atomic mass is 10.1. The van der Waals surface area contributed by atoms with Crippen molar-refractivity contribution in [2.45, 2.75) is 20.3 Å². The maximum atomic E-state index is 13.0. The summed E-state index contributed by atoms with van der Waals surface area (Å²) >= 11 is 0. The SMILES string of the molecule is C=C\C=C(/N=C(\C=C(/N)C(=O)Nc1ccc(C(=O)N2CCN(C)CC2)c(C)c1)CC)c1ccc(OC)c(OC)c1. The number of hydrogen-bond donors (Lipinski definition) is 2. The highest BCUT2D eigenvalue weighted by atomic mass is 16.5. The Morgan fingerprint density at radius 3 is 2.38 bits per heavy atom. The molecule has 2 aromatic carbocycles. The van der Waals surface area contributed by atoms with Gasteiger partial charge in [0, 0.05) is 48.7 Å². The quantitative estimate of drug-likeness (QED) is 0.262. The van der Waals surface area contributed by atoms with Crippen LogP contribution in [0.4, 0.5) is 5.69 Å². The fraction of sp³-hybridized carbons (Fsp3) is 0.323. The summed E-state index contributed by atoms with van der Waals surface area (Å²) in [5, 5.41) is 2.82. The highest BCUT2D eigenvalue weighted by Crippen LogP contribution is 2.31. The number of nitrogens with zero attached hydrogens (tertiary/aromatic N) is 3. The lowest BCUT2D eigenvalue weighted by molar-refractivity contribution is -0.112. The molecule has 9 nitrogen and oxygen atoms in total. The Bertz CT molecular complexity index is 1340. The second-order valence-corrected chi connectivity index (χ2v) is 9.49. The van der Waals surface area contributed by atoms with Crippen molar-refractivity contribution in [3.05, 3.63) is 83.6 Å². The molecule has 3 N–H and O–H groups in total. The van der Waals surface area contributed by atoms with Crippen LogP contribution >= 0.6 is 0 Å². The standard InChI is InChI=1S/C31H39N5O4/c1-7-9-27(22-10-13-28(39-5)29(19-22)40-6)33-23(8-2)20-26(32)30(37)34-24-11-12-25(21(3)18-24)31(38)36-16-14-35(4)15-17-36/h7,9-13,18-20H,1,8,14-17,32H2,2-6H3,(H,34,37)/b26-20-,27-9-,33-23-. The number of anilines is 1. The van der Waals surface area contributed by atoms with E-state index in [2.05, 4.69) is 23.8 Å². The highest BCUT2D eigenvalue weighted by molar-refractivity contribution is 6.09. The van der Waals surface area contributed by atoms with Gasteiger partial charge < -0.3 is 30.3 Å². The lowest BCUT2D eigenvalue weighted by Gasteiger charge is -2.32. The number of likely N-dealkylation sites (N-methyl/N-ethyl adjacent to an activating group) is 1. The van der Waals surface area contributed by atoms with Crippen molar-refractivity contribution in [1.29, 1.82) is 0 Å². The van der Waals surface area contributed by atoms with Crippen molar-refractivity contribution in [1.82, 2.24) is 9.80 Å². The van der Waals surface area contributed by atoms with Crippen molar-refractivity contribution in [2.24, 2.45) is 10.7 Å². The van der Waals surface area contributed by atoms with Gasteiger partial charge in [0.1, 0.15) is 0 Å². The first kappa shape index (κ1) is 30.2. The molecule has 1 fully saturated rings. The van der Waals surface area contributed by atoms with Crippen LogP contribution in [0.2, 0.25) is 0 Å². The summed E-state index contributed by atoms with van der Waals surface area (Å²) in [4.78, 5) is 34.7. The molecule has 0 bridgehead atoms. The number of allylic oxidation sites excluding steroid dienone is 3. The van der Waals surface area contributed by atoms with Crippen LogP contribution in [-0.4, -0.2) is 74.8 Å². The van der Waals surface area contributed by atoms with Gasteiger partial charge in [-0.2, -0.15) is 0 Å². The molecule has 2 amide bonds. The largest absolute Gasteiger partial charge is 0.493 e. The molecule has 9 heteroatoms. The predicted octanol–water partition coefficient (Wildman–Crippen LogP) is 4.26. The van der Waals surface area contributed by atoms with Gasteiger partial charge in [0.15, 0.2) is 11.5 Å². The first-order valence-electron chi connectivity index (χ1n) is 13.2. The zero-order valence-electron chi connectivity index (χ0n) is 24.0. The van der Waals surface area contributed by atoms with E-state index in [9.17, 15) is 9.59 Å². The van der Waals surface area contributed by atoms with Crippen molar-refractivity contribution in [2.75, 3.05) is 52.8 Å². The molecule has 0 aliphatic carbocycles. The molecule has 0 spiro atoms. The molecule has 0 unspecified atom stereocenters. The fourth-order valence-corrected chi connectivity index (χ4v) is 4.28. The molecular formula is C31H39N5O4. The maximum Gasteiger partial charge on any atom is 0.271 e. The topological polar surface area (TPSA) is 109 Å². The number of ether oxygens (including phenoxy) is 2. The molecule has 1 heterocycles. The average Bonchev–Trinajstić information content (AvgIpc) is 2.96. The van der Waals surface area contributed by atoms with Crippen LogP contribution in [0.25, 0.3) is 5.70 Å². The molecule has 212 valence electrons. The van der Waals surface area contributed by atoms with Gasteiger partial charge in [0.25, 0.3) is 11.8 Å². The molecule has 0 radical (unpaired) electrons. The molecule has 0 atom stereocenters. The van der Waals surface area contributed by atoms with Gasteiger partial charge in [-0.25, -0.2) is 0 Å². The van der Waals surface area contributed by atoms with E-state index in [-0.39, 0.29) is 11.6 Å². The predicted molar refractivity (Wildman–Crippen MR) is 161 cm³/mol. The summed E-state index contributed by atoms with van der Waals surface area (Å²) in [5.41, 5.74) is 10.2. The van der Waals surface area contributed by atoms with E-state index in [1.54, 1.807) is 56.7 Å². The van der Waals surface area contributed by atoms with E-state index in [1.165, 1.54) is 0 Å². The van der Waals surface area contributed by atoms with Gasteiger partial charge >= 0.3 is 0 Å². The van der Waals surface area contributed by atoms with Gasteiger partial charge in [0.05, 0.1) is 25.6 Å². The minimum Gasteiger partial charge on any atom is -0.493 e. The van der Waals surface area contributed by atoms with Gasteiger partial charge in [-0.05, 0) is 74.5 Å². The number of benzene rings is 2. The lowest BCUT2D eigenvalue weighted by Crippen LogP contribution is -2.47. The highest BCUT2D eigenvalue weighted by Gasteiger charge is 2.22. The molecule has 0 saturated carbocycles. The van der Waals surface area contributed by atoms with E-state index >= 15 is 0 Å². The zero-order chi connectivity index (χ0) is 29.2. The zero-order valence-corrected chi connectivity index (χ0v) is 24.0. The van der Waals surface area contributed by atoms with Crippen LogP contribution < -0.4 is 20.5 Å².